The van der Waals surface area contributed by atoms with Crippen LogP contribution in [0.3, 0.4) is 0 Å². The number of hydrogen-bond donors (Lipinski definition) is 1. The molecule has 146 valence electrons. The van der Waals surface area contributed by atoms with E-state index in [-0.39, 0.29) is 11.7 Å². The van der Waals surface area contributed by atoms with Gasteiger partial charge in [0.05, 0.1) is 24.6 Å². The van der Waals surface area contributed by atoms with Gasteiger partial charge >= 0.3 is 0 Å². The van der Waals surface area contributed by atoms with Gasteiger partial charge in [0.2, 0.25) is 11.1 Å². The molecule has 9 heteroatoms. The summed E-state index contributed by atoms with van der Waals surface area (Å²) in [6, 6.07) is 16.9. The summed E-state index contributed by atoms with van der Waals surface area (Å²) in [5, 5.41) is 15.0. The number of amides is 1. The van der Waals surface area contributed by atoms with Crippen molar-refractivity contribution in [1.29, 1.82) is 0 Å². The molecule has 0 spiro atoms. The van der Waals surface area contributed by atoms with Crippen LogP contribution in [0, 0.1) is 0 Å². The molecular weight excluding hydrogens is 378 g/mol. The topological polar surface area (TPSA) is 91.2 Å². The van der Waals surface area contributed by atoms with E-state index in [0.29, 0.717) is 24.9 Å². The van der Waals surface area contributed by atoms with E-state index < -0.39 is 0 Å². The number of hydrogen-bond acceptors (Lipinski definition) is 7. The van der Waals surface area contributed by atoms with Crippen LogP contribution in [0.5, 0.6) is 11.5 Å². The molecule has 0 fully saturated rings. The third-order valence-electron chi connectivity index (χ3n) is 3.60. The molecule has 0 aliphatic rings. The molecule has 1 heterocycles. The Labute approximate surface area is 167 Å². The maximum atomic E-state index is 12.0. The molecule has 0 saturated heterocycles. The van der Waals surface area contributed by atoms with Gasteiger partial charge in [-0.3, -0.25) is 4.79 Å². The standard InChI is InChI=1S/C19H21N5O3S/c1-2-26-16-8-10-17(11-9-16)27-13-12-20-18(25)14-28-19-21-22-23-24(19)15-6-4-3-5-7-15/h3-11H,2,12-14H2,1H3,(H,20,25). The zero-order chi connectivity index (χ0) is 19.6. The van der Waals surface area contributed by atoms with Crippen molar-refractivity contribution >= 4 is 17.7 Å². The third-order valence-corrected chi connectivity index (χ3v) is 4.52. The minimum absolute atomic E-state index is 0.108. The maximum absolute atomic E-state index is 12.0. The highest BCUT2D eigenvalue weighted by molar-refractivity contribution is 7.99. The first-order valence-electron chi connectivity index (χ1n) is 8.85. The number of rotatable bonds is 10. The molecule has 0 atom stereocenters. The van der Waals surface area contributed by atoms with Gasteiger partial charge < -0.3 is 14.8 Å². The van der Waals surface area contributed by atoms with Gasteiger partial charge in [0.15, 0.2) is 0 Å². The highest BCUT2D eigenvalue weighted by atomic mass is 32.2. The van der Waals surface area contributed by atoms with E-state index in [1.165, 1.54) is 11.8 Å². The average Bonchev–Trinajstić information content (AvgIpc) is 3.20. The van der Waals surface area contributed by atoms with Crippen LogP contribution in [-0.2, 0) is 4.79 Å². The zero-order valence-electron chi connectivity index (χ0n) is 15.4. The molecule has 28 heavy (non-hydrogen) atoms. The highest BCUT2D eigenvalue weighted by Gasteiger charge is 2.11. The Morgan fingerprint density at radius 3 is 2.50 bits per heavy atom. The summed E-state index contributed by atoms with van der Waals surface area (Å²) >= 11 is 1.28. The zero-order valence-corrected chi connectivity index (χ0v) is 16.3. The van der Waals surface area contributed by atoms with Crippen LogP contribution >= 0.6 is 11.8 Å². The van der Waals surface area contributed by atoms with Crippen LogP contribution in [-0.4, -0.2) is 51.6 Å². The van der Waals surface area contributed by atoms with E-state index >= 15 is 0 Å². The largest absolute Gasteiger partial charge is 0.494 e. The molecule has 0 unspecified atom stereocenters. The van der Waals surface area contributed by atoms with E-state index in [0.717, 1.165) is 17.2 Å². The number of carbonyl (C=O) groups is 1. The summed E-state index contributed by atoms with van der Waals surface area (Å²) < 4.78 is 12.6. The van der Waals surface area contributed by atoms with Crippen LogP contribution in [0.1, 0.15) is 6.92 Å². The molecule has 0 aliphatic carbocycles. The molecule has 1 N–H and O–H groups in total. The molecule has 8 nitrogen and oxygen atoms in total. The minimum atomic E-state index is -0.108. The highest BCUT2D eigenvalue weighted by Crippen LogP contribution is 2.18. The van der Waals surface area contributed by atoms with Crippen LogP contribution in [0.2, 0.25) is 0 Å². The Hall–Kier alpha value is -3.07. The fourth-order valence-corrected chi connectivity index (χ4v) is 3.06. The van der Waals surface area contributed by atoms with Crippen LogP contribution < -0.4 is 14.8 Å². The van der Waals surface area contributed by atoms with E-state index in [4.69, 9.17) is 9.47 Å². The second kappa shape index (κ2) is 10.3. The summed E-state index contributed by atoms with van der Waals surface area (Å²) in [5.74, 6) is 1.64. The second-order valence-electron chi connectivity index (χ2n) is 5.60. The van der Waals surface area contributed by atoms with Gasteiger partial charge in [0.1, 0.15) is 18.1 Å². The number of carbonyl (C=O) groups excluding carboxylic acids is 1. The number of nitrogens with one attached hydrogen (secondary N) is 1. The molecule has 3 rings (SSSR count). The molecule has 3 aromatic rings. The summed E-state index contributed by atoms with van der Waals surface area (Å²) in [4.78, 5) is 12.0. The van der Waals surface area contributed by atoms with Crippen molar-refractivity contribution < 1.29 is 14.3 Å². The third kappa shape index (κ3) is 5.71. The van der Waals surface area contributed by atoms with Gasteiger partial charge in [0, 0.05) is 0 Å². The molecule has 1 aromatic heterocycles. The van der Waals surface area contributed by atoms with Gasteiger partial charge in [-0.2, -0.15) is 4.68 Å². The first-order chi connectivity index (χ1) is 13.8. The number of tetrazole rings is 1. The molecule has 0 aliphatic heterocycles. The number of ether oxygens (including phenoxy) is 2. The van der Waals surface area contributed by atoms with Gasteiger partial charge in [0.25, 0.3) is 0 Å². The molecule has 0 saturated carbocycles. The van der Waals surface area contributed by atoms with E-state index in [1.54, 1.807) is 4.68 Å². The summed E-state index contributed by atoms with van der Waals surface area (Å²) in [6.45, 7) is 3.36. The smallest absolute Gasteiger partial charge is 0.230 e. The number of nitrogens with zero attached hydrogens (tertiary/aromatic N) is 4. The molecule has 0 radical (unpaired) electrons. The number of para-hydroxylation sites is 1. The fraction of sp³-hybridized carbons (Fsp3) is 0.263. The van der Waals surface area contributed by atoms with E-state index in [9.17, 15) is 4.79 Å². The summed E-state index contributed by atoms with van der Waals surface area (Å²) in [6.07, 6.45) is 0. The van der Waals surface area contributed by atoms with Crippen LogP contribution in [0.25, 0.3) is 5.69 Å². The first kappa shape index (κ1) is 19.7. The fourth-order valence-electron chi connectivity index (χ4n) is 2.34. The van der Waals surface area contributed by atoms with Gasteiger partial charge in [-0.05, 0) is 53.7 Å². The van der Waals surface area contributed by atoms with E-state index in [1.807, 2.05) is 61.5 Å². The predicted octanol–water partition coefficient (Wildman–Crippen LogP) is 2.35. The Bertz CT molecular complexity index is 871. The quantitative estimate of drug-likeness (QED) is 0.413. The Morgan fingerprint density at radius 2 is 1.79 bits per heavy atom. The molecule has 2 aromatic carbocycles. The van der Waals surface area contributed by atoms with Crippen molar-refractivity contribution in [3.8, 4) is 17.2 Å². The molecular formula is C19H21N5O3S. The van der Waals surface area contributed by atoms with Crippen molar-refractivity contribution in [2.45, 2.75) is 12.1 Å². The number of aromatic nitrogens is 4. The Morgan fingerprint density at radius 1 is 1.07 bits per heavy atom. The van der Waals surface area contributed by atoms with Crippen LogP contribution in [0.4, 0.5) is 0 Å². The number of benzene rings is 2. The predicted molar refractivity (Wildman–Crippen MR) is 106 cm³/mol. The van der Waals surface area contributed by atoms with Gasteiger partial charge in [-0.25, -0.2) is 0 Å². The van der Waals surface area contributed by atoms with Crippen molar-refractivity contribution in [3.63, 3.8) is 0 Å². The first-order valence-corrected chi connectivity index (χ1v) is 9.84. The van der Waals surface area contributed by atoms with Crippen molar-refractivity contribution in [2.75, 3.05) is 25.5 Å². The Balaban J connectivity index is 1.38. The summed E-state index contributed by atoms with van der Waals surface area (Å²) in [5.41, 5.74) is 0.846. The second-order valence-corrected chi connectivity index (χ2v) is 6.54. The lowest BCUT2D eigenvalue weighted by Gasteiger charge is -2.09. The lowest BCUT2D eigenvalue weighted by molar-refractivity contribution is -0.118. The molecule has 0 bridgehead atoms. The monoisotopic (exact) mass is 399 g/mol. The lowest BCUT2D eigenvalue weighted by atomic mass is 10.3. The summed E-state index contributed by atoms with van der Waals surface area (Å²) in [7, 11) is 0. The van der Waals surface area contributed by atoms with Gasteiger partial charge in [-0.1, -0.05) is 30.0 Å². The number of thioether (sulfide) groups is 1. The van der Waals surface area contributed by atoms with Crippen molar-refractivity contribution in [2.24, 2.45) is 0 Å². The maximum Gasteiger partial charge on any atom is 0.230 e. The van der Waals surface area contributed by atoms with Gasteiger partial charge in [-0.15, -0.1) is 5.10 Å². The average molecular weight is 399 g/mol. The van der Waals surface area contributed by atoms with Crippen LogP contribution in [0.15, 0.2) is 59.8 Å². The van der Waals surface area contributed by atoms with Crippen molar-refractivity contribution in [3.05, 3.63) is 54.6 Å². The Kier molecular flexibility index (Phi) is 7.25. The van der Waals surface area contributed by atoms with Crippen molar-refractivity contribution in [1.82, 2.24) is 25.5 Å². The minimum Gasteiger partial charge on any atom is -0.494 e. The SMILES string of the molecule is CCOc1ccc(OCCNC(=O)CSc2nnnn2-c2ccccc2)cc1. The van der Waals surface area contributed by atoms with E-state index in [2.05, 4.69) is 20.8 Å². The lowest BCUT2D eigenvalue weighted by Crippen LogP contribution is -2.29. The normalized spacial score (nSPS) is 10.5. The molecule has 1 amide bonds.